The number of imidazole rings is 1. The van der Waals surface area contributed by atoms with E-state index in [-0.39, 0.29) is 24.4 Å². The molecule has 0 unspecified atom stereocenters. The minimum absolute atomic E-state index is 0.0176. The zero-order valence-electron chi connectivity index (χ0n) is 14.1. The average molecular weight is 343 g/mol. The maximum Gasteiger partial charge on any atom is 0.308 e. The number of hydrogen-bond acceptors (Lipinski definition) is 5. The van der Waals surface area contributed by atoms with E-state index in [1.54, 1.807) is 17.4 Å². The third kappa shape index (κ3) is 4.17. The minimum Gasteiger partial charge on any atom is -0.484 e. The van der Waals surface area contributed by atoms with Crippen LogP contribution in [0.4, 0.5) is 0 Å². The standard InChI is InChI=1S/C18H21N3O4/c1-24-18(23)14-5-8-20(9-6-14)17(22)12-25-16-4-2-3-15(11-16)21-10-7-19-13-21/h2-4,7,10-11,13-14H,5-6,8-9,12H2,1H3. The van der Waals surface area contributed by atoms with E-state index in [0.717, 1.165) is 5.69 Å². The molecule has 0 atom stereocenters. The van der Waals surface area contributed by atoms with Crippen molar-refractivity contribution in [3.05, 3.63) is 43.0 Å². The second-order valence-electron chi connectivity index (χ2n) is 5.93. The monoisotopic (exact) mass is 343 g/mol. The van der Waals surface area contributed by atoms with Crippen LogP contribution in [-0.2, 0) is 14.3 Å². The Morgan fingerprint density at radius 3 is 2.76 bits per heavy atom. The first-order chi connectivity index (χ1) is 12.2. The van der Waals surface area contributed by atoms with E-state index in [0.29, 0.717) is 31.7 Å². The molecule has 3 rings (SSSR count). The van der Waals surface area contributed by atoms with Gasteiger partial charge in [-0.25, -0.2) is 4.98 Å². The molecule has 1 amide bonds. The highest BCUT2D eigenvalue weighted by atomic mass is 16.5. The predicted molar refractivity (Wildman–Crippen MR) is 90.4 cm³/mol. The molecule has 7 nitrogen and oxygen atoms in total. The van der Waals surface area contributed by atoms with Crippen molar-refractivity contribution in [1.29, 1.82) is 0 Å². The Morgan fingerprint density at radius 1 is 1.28 bits per heavy atom. The highest BCUT2D eigenvalue weighted by Gasteiger charge is 2.27. The van der Waals surface area contributed by atoms with Crippen LogP contribution in [0.2, 0.25) is 0 Å². The van der Waals surface area contributed by atoms with Gasteiger partial charge in [-0.15, -0.1) is 0 Å². The van der Waals surface area contributed by atoms with Crippen LogP contribution in [0.25, 0.3) is 5.69 Å². The van der Waals surface area contributed by atoms with Crippen LogP contribution in [0.3, 0.4) is 0 Å². The summed E-state index contributed by atoms with van der Waals surface area (Å²) in [4.78, 5) is 29.6. The molecule has 0 spiro atoms. The summed E-state index contributed by atoms with van der Waals surface area (Å²) >= 11 is 0. The van der Waals surface area contributed by atoms with E-state index >= 15 is 0 Å². The first-order valence-electron chi connectivity index (χ1n) is 8.24. The average Bonchev–Trinajstić information content (AvgIpc) is 3.20. The van der Waals surface area contributed by atoms with Gasteiger partial charge in [0.1, 0.15) is 5.75 Å². The quantitative estimate of drug-likeness (QED) is 0.772. The van der Waals surface area contributed by atoms with Gasteiger partial charge in [-0.3, -0.25) is 9.59 Å². The Morgan fingerprint density at radius 2 is 2.08 bits per heavy atom. The number of piperidine rings is 1. The maximum atomic E-state index is 12.3. The lowest BCUT2D eigenvalue weighted by Crippen LogP contribution is -2.42. The summed E-state index contributed by atoms with van der Waals surface area (Å²) in [5, 5.41) is 0. The fourth-order valence-electron chi connectivity index (χ4n) is 2.91. The van der Waals surface area contributed by atoms with Gasteiger partial charge in [0.05, 0.1) is 25.0 Å². The van der Waals surface area contributed by atoms with Crippen LogP contribution < -0.4 is 4.74 Å². The number of likely N-dealkylation sites (tertiary alicyclic amines) is 1. The van der Waals surface area contributed by atoms with Gasteiger partial charge in [0.2, 0.25) is 0 Å². The maximum absolute atomic E-state index is 12.3. The second kappa shape index (κ2) is 7.83. The van der Waals surface area contributed by atoms with Crippen LogP contribution in [0.15, 0.2) is 43.0 Å². The van der Waals surface area contributed by atoms with Crippen molar-refractivity contribution in [1.82, 2.24) is 14.5 Å². The van der Waals surface area contributed by atoms with Crippen LogP contribution in [0.5, 0.6) is 5.75 Å². The van der Waals surface area contributed by atoms with E-state index in [1.165, 1.54) is 7.11 Å². The van der Waals surface area contributed by atoms with Crippen molar-refractivity contribution >= 4 is 11.9 Å². The number of aromatic nitrogens is 2. The molecule has 0 radical (unpaired) electrons. The Hall–Kier alpha value is -2.83. The Kier molecular flexibility index (Phi) is 5.33. The summed E-state index contributed by atoms with van der Waals surface area (Å²) in [7, 11) is 1.39. The van der Waals surface area contributed by atoms with Crippen LogP contribution in [0, 0.1) is 5.92 Å². The molecule has 1 aliphatic rings. The number of amides is 1. The number of esters is 1. The molecular formula is C18H21N3O4. The van der Waals surface area contributed by atoms with E-state index in [2.05, 4.69) is 4.98 Å². The molecule has 0 saturated carbocycles. The summed E-state index contributed by atoms with van der Waals surface area (Å²) in [5.74, 6) is 0.252. The number of benzene rings is 1. The summed E-state index contributed by atoms with van der Waals surface area (Å²) in [6.07, 6.45) is 6.52. The molecule has 7 heteroatoms. The van der Waals surface area contributed by atoms with E-state index in [1.807, 2.05) is 35.0 Å². The fraction of sp³-hybridized carbons (Fsp3) is 0.389. The molecule has 2 heterocycles. The van der Waals surface area contributed by atoms with Crippen molar-refractivity contribution in [3.63, 3.8) is 0 Å². The molecule has 1 saturated heterocycles. The van der Waals surface area contributed by atoms with Crippen molar-refractivity contribution in [3.8, 4) is 11.4 Å². The zero-order chi connectivity index (χ0) is 17.6. The zero-order valence-corrected chi connectivity index (χ0v) is 14.1. The normalized spacial score (nSPS) is 15.0. The van der Waals surface area contributed by atoms with Crippen LogP contribution >= 0.6 is 0 Å². The van der Waals surface area contributed by atoms with E-state index < -0.39 is 0 Å². The lowest BCUT2D eigenvalue weighted by molar-refractivity contribution is -0.149. The molecule has 25 heavy (non-hydrogen) atoms. The topological polar surface area (TPSA) is 73.7 Å². The highest BCUT2D eigenvalue weighted by molar-refractivity contribution is 5.78. The SMILES string of the molecule is COC(=O)C1CCN(C(=O)COc2cccc(-n3ccnc3)c2)CC1. The summed E-state index contributed by atoms with van der Waals surface area (Å²) in [6.45, 7) is 1.09. The molecule has 0 aliphatic carbocycles. The van der Waals surface area contributed by atoms with Crippen molar-refractivity contribution in [2.75, 3.05) is 26.8 Å². The van der Waals surface area contributed by atoms with E-state index in [9.17, 15) is 9.59 Å². The van der Waals surface area contributed by atoms with Crippen LogP contribution in [0.1, 0.15) is 12.8 Å². The first-order valence-corrected chi connectivity index (χ1v) is 8.24. The third-order valence-electron chi connectivity index (χ3n) is 4.36. The molecule has 1 aromatic heterocycles. The Labute approximate surface area is 146 Å². The number of methoxy groups -OCH3 is 1. The molecule has 1 aromatic carbocycles. The molecule has 2 aromatic rings. The van der Waals surface area contributed by atoms with Gasteiger partial charge < -0.3 is 18.9 Å². The van der Waals surface area contributed by atoms with Gasteiger partial charge in [0.15, 0.2) is 6.61 Å². The summed E-state index contributed by atoms with van der Waals surface area (Å²) < 4.78 is 12.3. The fourth-order valence-corrected chi connectivity index (χ4v) is 2.91. The first kappa shape index (κ1) is 17.0. The lowest BCUT2D eigenvalue weighted by atomic mass is 9.97. The Bertz CT molecular complexity index is 722. The lowest BCUT2D eigenvalue weighted by Gasteiger charge is -2.30. The molecule has 0 N–H and O–H groups in total. The smallest absolute Gasteiger partial charge is 0.308 e. The molecule has 1 aliphatic heterocycles. The molecule has 1 fully saturated rings. The minimum atomic E-state index is -0.195. The van der Waals surface area contributed by atoms with Gasteiger partial charge in [-0.2, -0.15) is 0 Å². The Balaban J connectivity index is 1.51. The summed E-state index contributed by atoms with van der Waals surface area (Å²) in [6, 6.07) is 7.49. The van der Waals surface area contributed by atoms with Gasteiger partial charge in [0, 0.05) is 31.5 Å². The predicted octanol–water partition coefficient (Wildman–Crippen LogP) is 1.66. The number of rotatable bonds is 5. The van der Waals surface area contributed by atoms with Crippen molar-refractivity contribution in [2.24, 2.45) is 5.92 Å². The van der Waals surface area contributed by atoms with Crippen molar-refractivity contribution in [2.45, 2.75) is 12.8 Å². The molecular weight excluding hydrogens is 322 g/mol. The van der Waals surface area contributed by atoms with Crippen LogP contribution in [-0.4, -0.2) is 53.1 Å². The molecule has 0 bridgehead atoms. The number of nitrogens with zero attached hydrogens (tertiary/aromatic N) is 3. The number of hydrogen-bond donors (Lipinski definition) is 0. The second-order valence-corrected chi connectivity index (χ2v) is 5.93. The van der Waals surface area contributed by atoms with Crippen molar-refractivity contribution < 1.29 is 19.1 Å². The van der Waals surface area contributed by atoms with Gasteiger partial charge in [-0.05, 0) is 25.0 Å². The third-order valence-corrected chi connectivity index (χ3v) is 4.36. The molecule has 132 valence electrons. The largest absolute Gasteiger partial charge is 0.484 e. The van der Waals surface area contributed by atoms with Gasteiger partial charge in [-0.1, -0.05) is 6.07 Å². The van der Waals surface area contributed by atoms with E-state index in [4.69, 9.17) is 9.47 Å². The summed E-state index contributed by atoms with van der Waals surface area (Å²) in [5.41, 5.74) is 0.918. The van der Waals surface area contributed by atoms with Gasteiger partial charge in [0.25, 0.3) is 5.91 Å². The number of ether oxygens (including phenoxy) is 2. The highest BCUT2D eigenvalue weighted by Crippen LogP contribution is 2.20. The van der Waals surface area contributed by atoms with Gasteiger partial charge >= 0.3 is 5.97 Å². The number of carbonyl (C=O) groups is 2. The number of carbonyl (C=O) groups excluding carboxylic acids is 2.